The van der Waals surface area contributed by atoms with Crippen LogP contribution in [0.3, 0.4) is 0 Å². The van der Waals surface area contributed by atoms with E-state index in [1.165, 1.54) is 6.08 Å². The summed E-state index contributed by atoms with van der Waals surface area (Å²) in [6.07, 6.45) is -18.3. The number of carbonyl (C=O) groups excluding carboxylic acids is 1. The lowest BCUT2D eigenvalue weighted by atomic mass is 9.86. The van der Waals surface area contributed by atoms with E-state index in [-0.39, 0.29) is 11.9 Å². The van der Waals surface area contributed by atoms with Gasteiger partial charge in [0.1, 0.15) is 61.0 Å². The summed E-state index contributed by atoms with van der Waals surface area (Å²) in [6, 6.07) is -2.46. The first-order valence-corrected chi connectivity index (χ1v) is 10.5. The van der Waals surface area contributed by atoms with Crippen molar-refractivity contribution in [1.82, 2.24) is 5.32 Å². The minimum Gasteiger partial charge on any atom is -0.394 e. The molecule has 0 amide bonds. The Hall–Kier alpha value is -1.15. The standard InChI is InChI=1S/C19H33NO14/c21-2-6-1-7(13(28)16(31)12(6)27)20-11-10(5-24)33-19(17(32)15(11)30)34-18(9(26)4-23)14(29)8(25)3-22/h1,3,7-21,23-32H,2,4-5H2/t7-,8-,9+,10+,11+,12+,13-,14-,15-,16-,17-,18+,19+/m0/s1. The largest absolute Gasteiger partial charge is 0.394 e. The summed E-state index contributed by atoms with van der Waals surface area (Å²) in [5.74, 6) is 0. The molecule has 0 saturated carbocycles. The first-order valence-electron chi connectivity index (χ1n) is 10.5. The number of carbonyl (C=O) groups is 1. The van der Waals surface area contributed by atoms with E-state index in [4.69, 9.17) is 9.47 Å². The van der Waals surface area contributed by atoms with Gasteiger partial charge in [-0.15, -0.1) is 0 Å². The summed E-state index contributed by atoms with van der Waals surface area (Å²) in [5.41, 5.74) is -0.0209. The van der Waals surface area contributed by atoms with Crippen molar-refractivity contribution in [2.24, 2.45) is 0 Å². The van der Waals surface area contributed by atoms with E-state index in [1.54, 1.807) is 0 Å². The monoisotopic (exact) mass is 499 g/mol. The number of rotatable bonds is 11. The molecule has 34 heavy (non-hydrogen) atoms. The van der Waals surface area contributed by atoms with Crippen LogP contribution in [0.1, 0.15) is 0 Å². The molecule has 1 saturated heterocycles. The summed E-state index contributed by atoms with van der Waals surface area (Å²) in [7, 11) is 0. The van der Waals surface area contributed by atoms with Gasteiger partial charge in [-0.3, -0.25) is 0 Å². The highest BCUT2D eigenvalue weighted by molar-refractivity contribution is 5.56. The summed E-state index contributed by atoms with van der Waals surface area (Å²) >= 11 is 0. The highest BCUT2D eigenvalue weighted by Gasteiger charge is 2.49. The van der Waals surface area contributed by atoms with Gasteiger partial charge in [0.05, 0.1) is 31.9 Å². The maximum Gasteiger partial charge on any atom is 0.187 e. The van der Waals surface area contributed by atoms with Crippen molar-refractivity contribution in [3.05, 3.63) is 11.6 Å². The maximum absolute atomic E-state index is 10.8. The van der Waals surface area contributed by atoms with Crippen molar-refractivity contribution in [3.63, 3.8) is 0 Å². The number of aliphatic hydroxyl groups is 11. The molecular formula is C19H33NO14. The summed E-state index contributed by atoms with van der Waals surface area (Å²) in [4.78, 5) is 10.8. The van der Waals surface area contributed by atoms with Crippen molar-refractivity contribution >= 4 is 6.29 Å². The number of aldehydes is 1. The van der Waals surface area contributed by atoms with Crippen LogP contribution in [-0.2, 0) is 14.3 Å². The summed E-state index contributed by atoms with van der Waals surface area (Å²) in [6.45, 7) is -2.39. The molecule has 0 bridgehead atoms. The van der Waals surface area contributed by atoms with Gasteiger partial charge in [-0.05, 0) is 5.57 Å². The number of aliphatic hydroxyl groups excluding tert-OH is 11. The molecule has 0 spiro atoms. The second kappa shape index (κ2) is 12.7. The second-order valence-electron chi connectivity index (χ2n) is 8.22. The van der Waals surface area contributed by atoms with Gasteiger partial charge in [0, 0.05) is 0 Å². The molecule has 0 aromatic rings. The fourth-order valence-corrected chi connectivity index (χ4v) is 3.90. The molecule has 1 fully saturated rings. The third kappa shape index (κ3) is 6.15. The van der Waals surface area contributed by atoms with Crippen molar-refractivity contribution < 1.29 is 70.4 Å². The van der Waals surface area contributed by atoms with Gasteiger partial charge in [0.2, 0.25) is 0 Å². The molecule has 1 heterocycles. The minimum absolute atomic E-state index is 0.0209. The Bertz CT molecular complexity index is 679. The van der Waals surface area contributed by atoms with Gasteiger partial charge in [-0.1, -0.05) is 6.08 Å². The van der Waals surface area contributed by atoms with Crippen molar-refractivity contribution in [1.29, 1.82) is 0 Å². The fourth-order valence-electron chi connectivity index (χ4n) is 3.90. The zero-order valence-electron chi connectivity index (χ0n) is 17.9. The van der Waals surface area contributed by atoms with Gasteiger partial charge in [0.15, 0.2) is 12.6 Å². The smallest absolute Gasteiger partial charge is 0.187 e. The van der Waals surface area contributed by atoms with Gasteiger partial charge >= 0.3 is 0 Å². The van der Waals surface area contributed by atoms with Crippen LogP contribution in [0.2, 0.25) is 0 Å². The van der Waals surface area contributed by atoms with E-state index in [1.807, 2.05) is 0 Å². The van der Waals surface area contributed by atoms with E-state index >= 15 is 0 Å². The van der Waals surface area contributed by atoms with Crippen LogP contribution in [0.15, 0.2) is 11.6 Å². The van der Waals surface area contributed by atoms with Crippen LogP contribution in [0.25, 0.3) is 0 Å². The van der Waals surface area contributed by atoms with Crippen LogP contribution < -0.4 is 5.32 Å². The molecule has 2 rings (SSSR count). The van der Waals surface area contributed by atoms with Gasteiger partial charge in [-0.25, -0.2) is 0 Å². The highest BCUT2D eigenvalue weighted by atomic mass is 16.7. The van der Waals surface area contributed by atoms with Crippen molar-refractivity contribution in [3.8, 4) is 0 Å². The Morgan fingerprint density at radius 2 is 1.65 bits per heavy atom. The SMILES string of the molecule is O=C[C@H](O)[C@H](O)[C@H](O[C@H]1O[C@H](CO)[C@@H](N[C@H]2C=C(CO)[C@@H](O)[C@H](O)[C@H]2O)[C@H](O)[C@@H]1O)[C@H](O)CO. The Kier molecular flexibility index (Phi) is 10.9. The molecule has 13 atom stereocenters. The lowest BCUT2D eigenvalue weighted by molar-refractivity contribution is -0.312. The number of hydrogen-bond acceptors (Lipinski definition) is 15. The second-order valence-corrected chi connectivity index (χ2v) is 8.22. The van der Waals surface area contributed by atoms with Crippen LogP contribution in [-0.4, -0.2) is 162 Å². The summed E-state index contributed by atoms with van der Waals surface area (Å²) < 4.78 is 10.7. The van der Waals surface area contributed by atoms with Crippen molar-refractivity contribution in [2.45, 2.75) is 79.4 Å². The first kappa shape index (κ1) is 29.1. The molecule has 0 aromatic heterocycles. The van der Waals surface area contributed by atoms with Crippen LogP contribution in [0.5, 0.6) is 0 Å². The first-order chi connectivity index (χ1) is 16.0. The zero-order chi connectivity index (χ0) is 25.7. The average Bonchev–Trinajstić information content (AvgIpc) is 2.84. The van der Waals surface area contributed by atoms with Gasteiger partial charge in [-0.2, -0.15) is 0 Å². The van der Waals surface area contributed by atoms with Crippen LogP contribution in [0.4, 0.5) is 0 Å². The maximum atomic E-state index is 10.8. The van der Waals surface area contributed by atoms with Crippen LogP contribution in [0, 0.1) is 0 Å². The van der Waals surface area contributed by atoms with Gasteiger partial charge in [0.25, 0.3) is 0 Å². The molecule has 15 nitrogen and oxygen atoms in total. The van der Waals surface area contributed by atoms with E-state index in [0.29, 0.717) is 0 Å². The third-order valence-electron chi connectivity index (χ3n) is 5.95. The Balaban J connectivity index is 2.21. The Morgan fingerprint density at radius 1 is 1.00 bits per heavy atom. The summed E-state index contributed by atoms with van der Waals surface area (Å²) in [5, 5.41) is 112. The zero-order valence-corrected chi connectivity index (χ0v) is 17.9. The number of nitrogens with one attached hydrogen (secondary N) is 1. The quantitative estimate of drug-likeness (QED) is 0.0929. The molecule has 0 unspecified atom stereocenters. The van der Waals surface area contributed by atoms with E-state index < -0.39 is 99.2 Å². The minimum atomic E-state index is -2.05. The van der Waals surface area contributed by atoms with Gasteiger partial charge < -0.3 is 75.8 Å². The van der Waals surface area contributed by atoms with Crippen LogP contribution >= 0.6 is 0 Å². The molecule has 2 aliphatic rings. The highest BCUT2D eigenvalue weighted by Crippen LogP contribution is 2.27. The normalized spacial score (nSPS) is 40.2. The lowest BCUT2D eigenvalue weighted by Crippen LogP contribution is -2.68. The topological polar surface area (TPSA) is 270 Å². The number of ether oxygens (including phenoxy) is 2. The van der Waals surface area contributed by atoms with E-state index in [2.05, 4.69) is 5.32 Å². The molecule has 15 heteroatoms. The molecule has 1 aliphatic carbocycles. The number of hydrogen-bond donors (Lipinski definition) is 12. The molecular weight excluding hydrogens is 466 g/mol. The van der Waals surface area contributed by atoms with E-state index in [0.717, 1.165) is 0 Å². The van der Waals surface area contributed by atoms with Crippen molar-refractivity contribution in [2.75, 3.05) is 19.8 Å². The molecule has 0 radical (unpaired) electrons. The molecule has 1 aliphatic heterocycles. The third-order valence-corrected chi connectivity index (χ3v) is 5.95. The fraction of sp³-hybridized carbons (Fsp3) is 0.842. The molecule has 198 valence electrons. The lowest BCUT2D eigenvalue weighted by Gasteiger charge is -2.46. The predicted octanol–water partition coefficient (Wildman–Crippen LogP) is -7.57. The average molecular weight is 499 g/mol. The molecule has 0 aromatic carbocycles. The Morgan fingerprint density at radius 3 is 2.18 bits per heavy atom. The Labute approximate surface area is 193 Å². The van der Waals surface area contributed by atoms with E-state index in [9.17, 15) is 61.0 Å². The predicted molar refractivity (Wildman–Crippen MR) is 108 cm³/mol. The molecule has 12 N–H and O–H groups in total.